The zero-order valence-corrected chi connectivity index (χ0v) is 10.7. The fraction of sp³-hybridized carbons (Fsp3) is 0.0909. The molecule has 0 spiro atoms. The summed E-state index contributed by atoms with van der Waals surface area (Å²) < 4.78 is 41.9. The summed E-state index contributed by atoms with van der Waals surface area (Å²) in [5, 5.41) is 5.79. The third-order valence-corrected chi connectivity index (χ3v) is 2.86. The number of hydrogen-bond donors (Lipinski definition) is 2. The first-order valence-electron chi connectivity index (χ1n) is 5.29. The monoisotopic (exact) mass is 302 g/mol. The molecule has 0 fully saturated rings. The summed E-state index contributed by atoms with van der Waals surface area (Å²) in [7, 11) is 0. The smallest absolute Gasteiger partial charge is 0.387 e. The van der Waals surface area contributed by atoms with Gasteiger partial charge in [-0.2, -0.15) is 13.9 Å². The molecule has 1 aromatic heterocycles. The van der Waals surface area contributed by atoms with Crippen molar-refractivity contribution in [1.82, 2.24) is 4.98 Å². The van der Waals surface area contributed by atoms with E-state index in [1.807, 2.05) is 0 Å². The number of benzene rings is 1. The maximum atomic E-state index is 13.4. The minimum Gasteiger partial charge on any atom is -0.431 e. The molecule has 2 rings (SSSR count). The number of hydrogen-bond acceptors (Lipinski definition) is 6. The van der Waals surface area contributed by atoms with Crippen LogP contribution in [-0.4, -0.2) is 17.8 Å². The molecule has 0 aliphatic carbocycles. The first-order valence-corrected chi connectivity index (χ1v) is 6.17. The van der Waals surface area contributed by atoms with Crippen molar-refractivity contribution in [3.05, 3.63) is 35.0 Å². The average molecular weight is 302 g/mol. The molecule has 0 aliphatic heterocycles. The predicted octanol–water partition coefficient (Wildman–Crippen LogP) is 2.91. The van der Waals surface area contributed by atoms with E-state index in [4.69, 9.17) is 5.73 Å². The summed E-state index contributed by atoms with van der Waals surface area (Å²) in [5.74, 6) is -1.13. The number of aromatic nitrogens is 1. The molecule has 1 aromatic carbocycles. The van der Waals surface area contributed by atoms with Crippen LogP contribution < -0.4 is 15.9 Å². The molecule has 0 bridgehead atoms. The van der Waals surface area contributed by atoms with Gasteiger partial charge in [0.1, 0.15) is 5.82 Å². The fourth-order valence-electron chi connectivity index (χ4n) is 1.34. The second-order valence-corrected chi connectivity index (χ2v) is 4.34. The molecule has 106 valence electrons. The van der Waals surface area contributed by atoms with Gasteiger partial charge in [0.25, 0.3) is 0 Å². The Balaban J connectivity index is 2.14. The van der Waals surface area contributed by atoms with Gasteiger partial charge < -0.3 is 10.5 Å². The van der Waals surface area contributed by atoms with E-state index in [1.165, 1.54) is 23.5 Å². The fourth-order valence-corrected chi connectivity index (χ4v) is 1.88. The zero-order chi connectivity index (χ0) is 14.5. The van der Waals surface area contributed by atoms with Gasteiger partial charge in [-0.15, -0.1) is 11.3 Å². The Morgan fingerprint density at radius 3 is 2.90 bits per heavy atom. The number of anilines is 2. The van der Waals surface area contributed by atoms with Gasteiger partial charge in [0.05, 0.1) is 6.21 Å². The molecule has 2 aromatic rings. The second kappa shape index (κ2) is 6.24. The lowest BCUT2D eigenvalue weighted by atomic mass is 10.2. The van der Waals surface area contributed by atoms with E-state index in [9.17, 15) is 13.2 Å². The topological polar surface area (TPSA) is 72.5 Å². The summed E-state index contributed by atoms with van der Waals surface area (Å²) in [6, 6.07) is 3.77. The third kappa shape index (κ3) is 3.60. The minimum absolute atomic E-state index is 0.0716. The zero-order valence-electron chi connectivity index (χ0n) is 9.89. The Hall–Kier alpha value is -2.29. The molecule has 1 heterocycles. The number of hydrazone groups is 1. The van der Waals surface area contributed by atoms with Crippen molar-refractivity contribution in [2.45, 2.75) is 6.61 Å². The lowest BCUT2D eigenvalue weighted by Crippen LogP contribution is -2.06. The van der Waals surface area contributed by atoms with Crippen LogP contribution in [0.25, 0.3) is 0 Å². The van der Waals surface area contributed by atoms with E-state index < -0.39 is 18.2 Å². The number of halogens is 3. The van der Waals surface area contributed by atoms with Crippen LogP contribution in [0.15, 0.2) is 28.7 Å². The highest BCUT2D eigenvalue weighted by Gasteiger charge is 2.13. The minimum atomic E-state index is -3.12. The Morgan fingerprint density at radius 2 is 2.25 bits per heavy atom. The summed E-state index contributed by atoms with van der Waals surface area (Å²) in [6.45, 7) is -3.12. The van der Waals surface area contributed by atoms with E-state index in [2.05, 4.69) is 20.2 Å². The van der Waals surface area contributed by atoms with Gasteiger partial charge in [0, 0.05) is 10.9 Å². The number of rotatable bonds is 5. The SMILES string of the molecule is Nc1csc(NN=Cc2cccc(F)c2OC(F)F)n1. The van der Waals surface area contributed by atoms with Crippen molar-refractivity contribution in [2.24, 2.45) is 5.10 Å². The molecule has 5 nitrogen and oxygen atoms in total. The molecule has 0 atom stereocenters. The van der Waals surface area contributed by atoms with Crippen LogP contribution in [0.5, 0.6) is 5.75 Å². The van der Waals surface area contributed by atoms with E-state index in [0.29, 0.717) is 10.9 Å². The highest BCUT2D eigenvalue weighted by Crippen LogP contribution is 2.23. The van der Waals surface area contributed by atoms with Gasteiger partial charge in [-0.1, -0.05) is 6.07 Å². The summed E-state index contributed by atoms with van der Waals surface area (Å²) in [4.78, 5) is 3.88. The Morgan fingerprint density at radius 1 is 1.45 bits per heavy atom. The molecule has 0 amide bonds. The van der Waals surface area contributed by atoms with Crippen LogP contribution >= 0.6 is 11.3 Å². The molecular formula is C11H9F3N4OS. The summed E-state index contributed by atoms with van der Waals surface area (Å²) in [6.07, 6.45) is 1.15. The molecule has 0 saturated carbocycles. The van der Waals surface area contributed by atoms with Crippen LogP contribution in [0, 0.1) is 5.82 Å². The number of nitrogens with one attached hydrogen (secondary N) is 1. The normalized spacial score (nSPS) is 11.2. The van der Waals surface area contributed by atoms with Crippen molar-refractivity contribution in [3.63, 3.8) is 0 Å². The second-order valence-electron chi connectivity index (χ2n) is 3.48. The van der Waals surface area contributed by atoms with Crippen molar-refractivity contribution < 1.29 is 17.9 Å². The quantitative estimate of drug-likeness (QED) is 0.658. The lowest BCUT2D eigenvalue weighted by Gasteiger charge is -2.08. The van der Waals surface area contributed by atoms with Gasteiger partial charge in [-0.05, 0) is 12.1 Å². The average Bonchev–Trinajstić information content (AvgIpc) is 2.79. The maximum Gasteiger partial charge on any atom is 0.387 e. The number of nitrogens with zero attached hydrogens (tertiary/aromatic N) is 2. The largest absolute Gasteiger partial charge is 0.431 e. The number of nitrogens with two attached hydrogens (primary N) is 1. The van der Waals surface area contributed by atoms with Gasteiger partial charge in [-0.3, -0.25) is 5.43 Å². The Labute approximate surface area is 115 Å². The molecule has 0 unspecified atom stereocenters. The van der Waals surface area contributed by atoms with Crippen LogP contribution in [0.2, 0.25) is 0 Å². The molecule has 0 radical (unpaired) electrons. The standard InChI is InChI=1S/C11H9F3N4OS/c12-7-3-1-2-6(9(7)19-10(13)14)4-16-18-11-17-8(15)5-20-11/h1-5,10H,15H2,(H,17,18). The van der Waals surface area contributed by atoms with Crippen LogP contribution in [0.1, 0.15) is 5.56 Å². The van der Waals surface area contributed by atoms with E-state index >= 15 is 0 Å². The number of ether oxygens (including phenoxy) is 1. The number of alkyl halides is 2. The molecule has 3 N–H and O–H groups in total. The predicted molar refractivity (Wildman–Crippen MR) is 70.8 cm³/mol. The van der Waals surface area contributed by atoms with Crippen LogP contribution in [0.4, 0.5) is 24.1 Å². The summed E-state index contributed by atoms with van der Waals surface area (Å²) >= 11 is 1.22. The molecule has 0 aliphatic rings. The van der Waals surface area contributed by atoms with Gasteiger partial charge in [0.2, 0.25) is 5.13 Å². The van der Waals surface area contributed by atoms with Gasteiger partial charge >= 0.3 is 6.61 Å². The van der Waals surface area contributed by atoms with Crippen LogP contribution in [-0.2, 0) is 0 Å². The van der Waals surface area contributed by atoms with E-state index in [1.54, 1.807) is 5.38 Å². The van der Waals surface area contributed by atoms with Crippen molar-refractivity contribution >= 4 is 28.5 Å². The molecule has 0 saturated heterocycles. The van der Waals surface area contributed by atoms with Gasteiger partial charge in [-0.25, -0.2) is 9.37 Å². The van der Waals surface area contributed by atoms with Crippen molar-refractivity contribution in [1.29, 1.82) is 0 Å². The molecular weight excluding hydrogens is 293 g/mol. The number of nitrogen functional groups attached to an aromatic ring is 1. The number of para-hydroxylation sites is 1. The van der Waals surface area contributed by atoms with E-state index in [0.717, 1.165) is 12.3 Å². The van der Waals surface area contributed by atoms with Gasteiger partial charge in [0.15, 0.2) is 11.6 Å². The van der Waals surface area contributed by atoms with Crippen molar-refractivity contribution in [3.8, 4) is 5.75 Å². The molecule has 20 heavy (non-hydrogen) atoms. The van der Waals surface area contributed by atoms with Crippen molar-refractivity contribution in [2.75, 3.05) is 11.2 Å². The first-order chi connectivity index (χ1) is 9.56. The molecule has 9 heteroatoms. The first kappa shape index (κ1) is 14.1. The Bertz CT molecular complexity index is 617. The third-order valence-electron chi connectivity index (χ3n) is 2.09. The maximum absolute atomic E-state index is 13.4. The van der Waals surface area contributed by atoms with Crippen LogP contribution in [0.3, 0.4) is 0 Å². The van der Waals surface area contributed by atoms with E-state index in [-0.39, 0.29) is 5.56 Å². The summed E-state index contributed by atoms with van der Waals surface area (Å²) in [5.41, 5.74) is 8.03. The lowest BCUT2D eigenvalue weighted by molar-refractivity contribution is -0.0522. The highest BCUT2D eigenvalue weighted by molar-refractivity contribution is 7.14. The highest BCUT2D eigenvalue weighted by atomic mass is 32.1. The Kier molecular flexibility index (Phi) is 4.41. The number of thiazole rings is 1.